The van der Waals surface area contributed by atoms with Gasteiger partial charge in [0.1, 0.15) is 5.75 Å². The van der Waals surface area contributed by atoms with E-state index in [1.54, 1.807) is 18.2 Å². The van der Waals surface area contributed by atoms with Crippen LogP contribution in [0, 0.1) is 24.0 Å². The first kappa shape index (κ1) is 18.6. The van der Waals surface area contributed by atoms with Gasteiger partial charge in [0.25, 0.3) is 11.6 Å². The fourth-order valence-electron chi connectivity index (χ4n) is 1.98. The molecule has 0 fully saturated rings. The summed E-state index contributed by atoms with van der Waals surface area (Å²) in [6.45, 7) is 3.70. The average molecular weight is 406 g/mol. The highest BCUT2D eigenvalue weighted by Crippen LogP contribution is 2.25. The summed E-state index contributed by atoms with van der Waals surface area (Å²) in [5.74, 6) is 0.214. The molecule has 0 saturated carbocycles. The maximum absolute atomic E-state index is 11.8. The SMILES string of the molecule is Cc1cccc(OCC(=O)N/N=C\c2ccc(Br)c([N+](=O)[O-])c2)c1C. The van der Waals surface area contributed by atoms with Gasteiger partial charge < -0.3 is 4.74 Å². The zero-order valence-corrected chi connectivity index (χ0v) is 15.2. The van der Waals surface area contributed by atoms with Crippen LogP contribution in [0.25, 0.3) is 0 Å². The maximum atomic E-state index is 11.8. The molecule has 2 aromatic rings. The highest BCUT2D eigenvalue weighted by atomic mass is 79.9. The number of hydrogen-bond acceptors (Lipinski definition) is 5. The van der Waals surface area contributed by atoms with Crippen molar-refractivity contribution in [2.24, 2.45) is 5.10 Å². The van der Waals surface area contributed by atoms with E-state index in [2.05, 4.69) is 26.5 Å². The fourth-order valence-corrected chi connectivity index (χ4v) is 2.38. The van der Waals surface area contributed by atoms with Crippen LogP contribution in [0.1, 0.15) is 16.7 Å². The average Bonchev–Trinajstić information content (AvgIpc) is 2.57. The smallest absolute Gasteiger partial charge is 0.284 e. The number of benzene rings is 2. The number of nitro benzene ring substituents is 1. The molecule has 1 amide bonds. The lowest BCUT2D eigenvalue weighted by molar-refractivity contribution is -0.385. The van der Waals surface area contributed by atoms with Crippen LogP contribution < -0.4 is 10.2 Å². The summed E-state index contributed by atoms with van der Waals surface area (Å²) in [4.78, 5) is 22.1. The number of nitrogens with zero attached hydrogens (tertiary/aromatic N) is 2. The van der Waals surface area contributed by atoms with Crippen molar-refractivity contribution in [3.05, 3.63) is 67.7 Å². The lowest BCUT2D eigenvalue weighted by Crippen LogP contribution is -2.24. The molecule has 0 atom stereocenters. The summed E-state index contributed by atoms with van der Waals surface area (Å²) >= 11 is 3.10. The number of carbonyl (C=O) groups excluding carboxylic acids is 1. The van der Waals surface area contributed by atoms with E-state index < -0.39 is 10.8 Å². The second kappa shape index (κ2) is 8.39. The molecule has 0 radical (unpaired) electrons. The van der Waals surface area contributed by atoms with E-state index >= 15 is 0 Å². The molecule has 0 saturated heterocycles. The molecule has 0 heterocycles. The Labute approximate surface area is 153 Å². The molecular formula is C17H16BrN3O4. The first-order chi connectivity index (χ1) is 11.9. The molecule has 2 aromatic carbocycles. The van der Waals surface area contributed by atoms with Crippen molar-refractivity contribution < 1.29 is 14.5 Å². The number of nitrogens with one attached hydrogen (secondary N) is 1. The minimum absolute atomic E-state index is 0.0754. The van der Waals surface area contributed by atoms with Crippen LogP contribution in [-0.4, -0.2) is 23.7 Å². The summed E-state index contributed by atoms with van der Waals surface area (Å²) in [6, 6.07) is 10.1. The Bertz CT molecular complexity index is 837. The molecule has 2 rings (SSSR count). The van der Waals surface area contributed by atoms with Crippen molar-refractivity contribution >= 4 is 33.7 Å². The highest BCUT2D eigenvalue weighted by Gasteiger charge is 2.11. The van der Waals surface area contributed by atoms with Crippen molar-refractivity contribution in [1.29, 1.82) is 0 Å². The van der Waals surface area contributed by atoms with Gasteiger partial charge in [-0.2, -0.15) is 5.10 Å². The predicted molar refractivity (Wildman–Crippen MR) is 97.9 cm³/mol. The number of halogens is 1. The zero-order valence-electron chi connectivity index (χ0n) is 13.7. The van der Waals surface area contributed by atoms with Gasteiger partial charge in [-0.15, -0.1) is 0 Å². The number of ether oxygens (including phenoxy) is 1. The van der Waals surface area contributed by atoms with Gasteiger partial charge in [-0.1, -0.05) is 18.2 Å². The number of rotatable bonds is 6. The highest BCUT2D eigenvalue weighted by molar-refractivity contribution is 9.10. The van der Waals surface area contributed by atoms with Crippen LogP contribution in [0.4, 0.5) is 5.69 Å². The first-order valence-corrected chi connectivity index (χ1v) is 8.12. The third kappa shape index (κ3) is 5.12. The Morgan fingerprint density at radius 2 is 2.12 bits per heavy atom. The van der Waals surface area contributed by atoms with E-state index in [0.717, 1.165) is 11.1 Å². The molecule has 8 heteroatoms. The van der Waals surface area contributed by atoms with Crippen LogP contribution in [0.15, 0.2) is 46.0 Å². The van der Waals surface area contributed by atoms with E-state index in [9.17, 15) is 14.9 Å². The van der Waals surface area contributed by atoms with Crippen LogP contribution in [0.2, 0.25) is 0 Å². The van der Waals surface area contributed by atoms with Crippen molar-refractivity contribution in [3.8, 4) is 5.75 Å². The summed E-state index contributed by atoms with van der Waals surface area (Å²) < 4.78 is 5.84. The Hall–Kier alpha value is -2.74. The molecule has 130 valence electrons. The monoisotopic (exact) mass is 405 g/mol. The molecule has 0 aliphatic rings. The van der Waals surface area contributed by atoms with E-state index in [0.29, 0.717) is 15.8 Å². The quantitative estimate of drug-likeness (QED) is 0.451. The number of hydrazone groups is 1. The molecule has 25 heavy (non-hydrogen) atoms. The lowest BCUT2D eigenvalue weighted by Gasteiger charge is -2.09. The van der Waals surface area contributed by atoms with E-state index in [4.69, 9.17) is 4.74 Å². The van der Waals surface area contributed by atoms with Gasteiger partial charge in [0.15, 0.2) is 6.61 Å². The topological polar surface area (TPSA) is 93.8 Å². The van der Waals surface area contributed by atoms with Gasteiger partial charge in [-0.3, -0.25) is 14.9 Å². The number of nitro groups is 1. The van der Waals surface area contributed by atoms with Crippen molar-refractivity contribution in [3.63, 3.8) is 0 Å². The maximum Gasteiger partial charge on any atom is 0.284 e. The van der Waals surface area contributed by atoms with Crippen LogP contribution >= 0.6 is 15.9 Å². The standard InChI is InChI=1S/C17H16BrN3O4/c1-11-4-3-5-16(12(11)2)25-10-17(22)20-19-9-13-6-7-14(18)15(8-13)21(23)24/h3-9H,10H2,1-2H3,(H,20,22)/b19-9-. The second-order valence-electron chi connectivity index (χ2n) is 5.25. The molecule has 0 spiro atoms. The third-order valence-corrected chi connectivity index (χ3v) is 4.15. The van der Waals surface area contributed by atoms with E-state index in [1.165, 1.54) is 12.3 Å². The molecular weight excluding hydrogens is 390 g/mol. The van der Waals surface area contributed by atoms with Gasteiger partial charge in [-0.05, 0) is 53.0 Å². The van der Waals surface area contributed by atoms with Crippen LogP contribution in [0.3, 0.4) is 0 Å². The van der Waals surface area contributed by atoms with Gasteiger partial charge >= 0.3 is 0 Å². The van der Waals surface area contributed by atoms with E-state index in [1.807, 2.05) is 26.0 Å². The second-order valence-corrected chi connectivity index (χ2v) is 6.10. The fraction of sp³-hybridized carbons (Fsp3) is 0.176. The predicted octanol–water partition coefficient (Wildman–Crippen LogP) is 3.50. The number of carbonyl (C=O) groups is 1. The summed E-state index contributed by atoms with van der Waals surface area (Å²) in [5.41, 5.74) is 4.79. The normalized spacial score (nSPS) is 10.7. The zero-order chi connectivity index (χ0) is 18.4. The third-order valence-electron chi connectivity index (χ3n) is 3.48. The minimum Gasteiger partial charge on any atom is -0.483 e. The molecule has 0 unspecified atom stereocenters. The summed E-state index contributed by atoms with van der Waals surface area (Å²) in [7, 11) is 0. The largest absolute Gasteiger partial charge is 0.483 e. The summed E-state index contributed by atoms with van der Waals surface area (Å²) in [5, 5.41) is 14.7. The number of hydrogen-bond donors (Lipinski definition) is 1. The summed E-state index contributed by atoms with van der Waals surface area (Å²) in [6.07, 6.45) is 1.33. The van der Waals surface area contributed by atoms with E-state index in [-0.39, 0.29) is 12.3 Å². The molecule has 0 bridgehead atoms. The van der Waals surface area contributed by atoms with Gasteiger partial charge in [0, 0.05) is 11.6 Å². The van der Waals surface area contributed by atoms with Crippen LogP contribution in [-0.2, 0) is 4.79 Å². The van der Waals surface area contributed by atoms with Crippen molar-refractivity contribution in [1.82, 2.24) is 5.43 Å². The number of aryl methyl sites for hydroxylation is 1. The van der Waals surface area contributed by atoms with Gasteiger partial charge in [0.2, 0.25) is 0 Å². The Morgan fingerprint density at radius 1 is 1.36 bits per heavy atom. The first-order valence-electron chi connectivity index (χ1n) is 7.33. The molecule has 0 aliphatic heterocycles. The van der Waals surface area contributed by atoms with Crippen molar-refractivity contribution in [2.75, 3.05) is 6.61 Å². The lowest BCUT2D eigenvalue weighted by atomic mass is 10.1. The van der Waals surface area contributed by atoms with Crippen molar-refractivity contribution in [2.45, 2.75) is 13.8 Å². The molecule has 0 aliphatic carbocycles. The Kier molecular flexibility index (Phi) is 6.24. The van der Waals surface area contributed by atoms with Gasteiger partial charge in [-0.25, -0.2) is 5.43 Å². The molecule has 7 nitrogen and oxygen atoms in total. The Balaban J connectivity index is 1.91. The molecule has 0 aromatic heterocycles. The Morgan fingerprint density at radius 3 is 2.84 bits per heavy atom. The van der Waals surface area contributed by atoms with Gasteiger partial charge in [0.05, 0.1) is 15.6 Å². The minimum atomic E-state index is -0.502. The number of amides is 1. The molecule has 1 N–H and O–H groups in total. The van der Waals surface area contributed by atoms with Crippen LogP contribution in [0.5, 0.6) is 5.75 Å².